The van der Waals surface area contributed by atoms with Gasteiger partial charge in [0, 0.05) is 35.1 Å². The van der Waals surface area contributed by atoms with Crippen LogP contribution >= 0.6 is 0 Å². The Morgan fingerprint density at radius 3 is 2.94 bits per heavy atom. The summed E-state index contributed by atoms with van der Waals surface area (Å²) < 4.78 is 9.02. The van der Waals surface area contributed by atoms with Crippen molar-refractivity contribution in [1.29, 1.82) is 0 Å². The number of amides is 1. The summed E-state index contributed by atoms with van der Waals surface area (Å²) >= 11 is 0. The van der Waals surface area contributed by atoms with Crippen LogP contribution < -0.4 is 15.4 Å². The van der Waals surface area contributed by atoms with Gasteiger partial charge in [-0.2, -0.15) is 10.1 Å². The topological polar surface area (TPSA) is 131 Å². The molecule has 1 saturated carbocycles. The van der Waals surface area contributed by atoms with Crippen molar-refractivity contribution in [3.8, 4) is 17.0 Å². The van der Waals surface area contributed by atoms with E-state index in [1.54, 1.807) is 16.1 Å². The quantitative estimate of drug-likeness (QED) is 0.418. The van der Waals surface area contributed by atoms with Crippen molar-refractivity contribution in [2.24, 2.45) is 0 Å². The Labute approximate surface area is 177 Å². The van der Waals surface area contributed by atoms with Crippen molar-refractivity contribution in [1.82, 2.24) is 34.5 Å². The largest absolute Gasteiger partial charge is 0.479 e. The van der Waals surface area contributed by atoms with Gasteiger partial charge in [0.1, 0.15) is 18.5 Å². The minimum atomic E-state index is -0.509. The van der Waals surface area contributed by atoms with E-state index in [0.717, 1.165) is 22.3 Å². The van der Waals surface area contributed by atoms with E-state index in [1.165, 1.54) is 6.33 Å². The molecule has 4 aromatic heterocycles. The van der Waals surface area contributed by atoms with Crippen LogP contribution in [-0.4, -0.2) is 65.5 Å². The third kappa shape index (κ3) is 3.42. The van der Waals surface area contributed by atoms with Gasteiger partial charge in [-0.3, -0.25) is 4.79 Å². The number of pyridine rings is 1. The maximum absolute atomic E-state index is 11.5. The second-order valence-electron chi connectivity index (χ2n) is 7.96. The van der Waals surface area contributed by atoms with Crippen LogP contribution in [-0.2, 0) is 4.79 Å². The fourth-order valence-corrected chi connectivity index (χ4v) is 4.20. The predicted molar refractivity (Wildman–Crippen MR) is 112 cm³/mol. The highest BCUT2D eigenvalue weighted by molar-refractivity contribution is 5.84. The molecule has 1 aliphatic carbocycles. The first-order chi connectivity index (χ1) is 15.0. The number of fused-ring (bicyclic) bond motifs is 2. The summed E-state index contributed by atoms with van der Waals surface area (Å²) in [6, 6.07) is 5.94. The van der Waals surface area contributed by atoms with Crippen molar-refractivity contribution < 1.29 is 14.6 Å². The highest BCUT2D eigenvalue weighted by Crippen LogP contribution is 2.35. The van der Waals surface area contributed by atoms with Gasteiger partial charge in [-0.1, -0.05) is 0 Å². The predicted octanol–water partition coefficient (Wildman–Crippen LogP) is 0.889. The standard InChI is InChI=1S/C20H22N8O3/c1-20(25-16(30)10-29)7-13(8-20)23-19-24-18(31-2)17-14(5-6-27(17)26-19)12-3-4-15-21-11-22-28(15)9-12/h3-6,9,11,13,29H,7-8,10H2,1-2H3,(H,23,26)(H,25,30). The van der Waals surface area contributed by atoms with Crippen LogP contribution in [0.25, 0.3) is 22.3 Å². The smallest absolute Gasteiger partial charge is 0.246 e. The molecule has 5 rings (SSSR count). The average Bonchev–Trinajstić information content (AvgIpc) is 3.38. The number of nitrogens with one attached hydrogen (secondary N) is 2. The maximum atomic E-state index is 11.5. The number of anilines is 1. The van der Waals surface area contributed by atoms with Crippen LogP contribution in [0.3, 0.4) is 0 Å². The number of aliphatic hydroxyl groups excluding tert-OH is 1. The number of hydrogen-bond donors (Lipinski definition) is 3. The highest BCUT2D eigenvalue weighted by atomic mass is 16.5. The molecule has 31 heavy (non-hydrogen) atoms. The summed E-state index contributed by atoms with van der Waals surface area (Å²) in [5.74, 6) is 0.523. The number of rotatable bonds is 6. The van der Waals surface area contributed by atoms with Crippen LogP contribution in [0, 0.1) is 0 Å². The van der Waals surface area contributed by atoms with Crippen molar-refractivity contribution in [3.05, 3.63) is 36.9 Å². The van der Waals surface area contributed by atoms with Gasteiger partial charge in [0.25, 0.3) is 0 Å². The Morgan fingerprint density at radius 1 is 1.32 bits per heavy atom. The van der Waals surface area contributed by atoms with Gasteiger partial charge in [0.05, 0.1) is 7.11 Å². The van der Waals surface area contributed by atoms with Crippen LogP contribution in [0.4, 0.5) is 5.95 Å². The SMILES string of the molecule is COc1nc(NC2CC(C)(NC(=O)CO)C2)nn2ccc(-c3ccc4ncnn4c3)c12. The van der Waals surface area contributed by atoms with Crippen LogP contribution in [0.1, 0.15) is 19.8 Å². The molecule has 1 aliphatic rings. The first-order valence-electron chi connectivity index (χ1n) is 9.89. The minimum absolute atomic E-state index is 0.107. The van der Waals surface area contributed by atoms with Crippen molar-refractivity contribution >= 4 is 23.0 Å². The van der Waals surface area contributed by atoms with Gasteiger partial charge in [-0.25, -0.2) is 14.0 Å². The zero-order valence-electron chi connectivity index (χ0n) is 17.1. The summed E-state index contributed by atoms with van der Waals surface area (Å²) in [6.45, 7) is 1.44. The molecule has 0 aliphatic heterocycles. The van der Waals surface area contributed by atoms with Gasteiger partial charge in [-0.05, 0) is 38.0 Å². The molecule has 0 bridgehead atoms. The molecule has 3 N–H and O–H groups in total. The zero-order chi connectivity index (χ0) is 21.6. The van der Waals surface area contributed by atoms with Crippen LogP contribution in [0.15, 0.2) is 36.9 Å². The van der Waals surface area contributed by atoms with Gasteiger partial charge in [-0.15, -0.1) is 5.10 Å². The summed E-state index contributed by atoms with van der Waals surface area (Å²) in [7, 11) is 1.58. The van der Waals surface area contributed by atoms with E-state index < -0.39 is 6.61 Å². The molecule has 0 aromatic carbocycles. The van der Waals surface area contributed by atoms with Crippen molar-refractivity contribution in [3.63, 3.8) is 0 Å². The Bertz CT molecular complexity index is 1270. The third-order valence-corrected chi connectivity index (χ3v) is 5.57. The van der Waals surface area contributed by atoms with E-state index in [4.69, 9.17) is 9.84 Å². The second-order valence-corrected chi connectivity index (χ2v) is 7.96. The first kappa shape index (κ1) is 19.2. The van der Waals surface area contributed by atoms with Gasteiger partial charge in [0.15, 0.2) is 5.65 Å². The molecule has 160 valence electrons. The van der Waals surface area contributed by atoms with E-state index in [9.17, 15) is 4.79 Å². The molecule has 1 fully saturated rings. The molecule has 0 atom stereocenters. The Kier molecular flexibility index (Phi) is 4.47. The molecule has 0 spiro atoms. The summed E-state index contributed by atoms with van der Waals surface area (Å²) in [5.41, 5.74) is 3.04. The molecule has 4 heterocycles. The van der Waals surface area contributed by atoms with Gasteiger partial charge >= 0.3 is 0 Å². The summed E-state index contributed by atoms with van der Waals surface area (Å²) in [4.78, 5) is 20.2. The molecule has 0 radical (unpaired) electrons. The Hall–Kier alpha value is -3.73. The van der Waals surface area contributed by atoms with Crippen LogP contribution in [0.5, 0.6) is 5.88 Å². The average molecular weight is 422 g/mol. The molecule has 1 amide bonds. The number of carbonyl (C=O) groups is 1. The van der Waals surface area contributed by atoms with Crippen molar-refractivity contribution in [2.75, 3.05) is 19.0 Å². The number of ether oxygens (including phenoxy) is 1. The summed E-state index contributed by atoms with van der Waals surface area (Å²) in [6.07, 6.45) is 6.69. The monoisotopic (exact) mass is 422 g/mol. The van der Waals surface area contributed by atoms with Gasteiger partial charge < -0.3 is 20.5 Å². The molecule has 11 heteroatoms. The number of aliphatic hydroxyl groups is 1. The molecular formula is C20H22N8O3. The fraction of sp³-hybridized carbons (Fsp3) is 0.350. The number of methoxy groups -OCH3 is 1. The number of hydrogen-bond acceptors (Lipinski definition) is 8. The molecule has 4 aromatic rings. The lowest BCUT2D eigenvalue weighted by molar-refractivity contribution is -0.126. The van der Waals surface area contributed by atoms with Gasteiger partial charge in [0.2, 0.25) is 17.7 Å². The molecule has 11 nitrogen and oxygen atoms in total. The summed E-state index contributed by atoms with van der Waals surface area (Å²) in [5, 5.41) is 23.8. The Balaban J connectivity index is 1.41. The second kappa shape index (κ2) is 7.20. The number of aromatic nitrogens is 6. The first-order valence-corrected chi connectivity index (χ1v) is 9.89. The van der Waals surface area contributed by atoms with E-state index >= 15 is 0 Å². The molecule has 0 saturated heterocycles. The minimum Gasteiger partial charge on any atom is -0.479 e. The number of nitrogens with zero attached hydrogens (tertiary/aromatic N) is 6. The Morgan fingerprint density at radius 2 is 2.16 bits per heavy atom. The maximum Gasteiger partial charge on any atom is 0.246 e. The van der Waals surface area contributed by atoms with Crippen LogP contribution in [0.2, 0.25) is 0 Å². The lowest BCUT2D eigenvalue weighted by atomic mass is 9.74. The zero-order valence-corrected chi connectivity index (χ0v) is 17.1. The van der Waals surface area contributed by atoms with E-state index in [1.807, 2.05) is 37.5 Å². The molecule has 0 unspecified atom stereocenters. The number of carbonyl (C=O) groups excluding carboxylic acids is 1. The lowest BCUT2D eigenvalue weighted by Crippen LogP contribution is -2.59. The lowest BCUT2D eigenvalue weighted by Gasteiger charge is -2.45. The molecular weight excluding hydrogens is 400 g/mol. The highest BCUT2D eigenvalue weighted by Gasteiger charge is 2.41. The fourth-order valence-electron chi connectivity index (χ4n) is 4.20. The third-order valence-electron chi connectivity index (χ3n) is 5.57. The van der Waals surface area contributed by atoms with E-state index in [-0.39, 0.29) is 17.5 Å². The normalized spacial score (nSPS) is 20.5. The van der Waals surface area contributed by atoms with E-state index in [2.05, 4.69) is 30.8 Å². The van der Waals surface area contributed by atoms with E-state index in [0.29, 0.717) is 24.7 Å². The van der Waals surface area contributed by atoms with Crippen molar-refractivity contribution in [2.45, 2.75) is 31.3 Å².